The van der Waals surface area contributed by atoms with Gasteiger partial charge in [0, 0.05) is 19.2 Å². The van der Waals surface area contributed by atoms with Crippen LogP contribution in [-0.2, 0) is 17.9 Å². The lowest BCUT2D eigenvalue weighted by Gasteiger charge is -2.16. The number of methoxy groups -OCH3 is 1. The number of aromatic nitrogens is 3. The van der Waals surface area contributed by atoms with E-state index in [9.17, 15) is 4.79 Å². The highest BCUT2D eigenvalue weighted by atomic mass is 16.5. The largest absolute Gasteiger partial charge is 0.497 e. The normalized spacial score (nSPS) is 11.9. The van der Waals surface area contributed by atoms with Crippen LogP contribution >= 0.6 is 0 Å². The second-order valence-electron chi connectivity index (χ2n) is 7.80. The van der Waals surface area contributed by atoms with E-state index < -0.39 is 6.10 Å². The van der Waals surface area contributed by atoms with Crippen molar-refractivity contribution < 1.29 is 14.3 Å². The first-order valence-electron chi connectivity index (χ1n) is 11.0. The molecule has 0 aliphatic rings. The SMILES string of the molecule is CCn1nc(C)c2c(-c3ccccc3)cc(OC(C)C(=O)NCc3cccc(OC)c3)nc21. The van der Waals surface area contributed by atoms with Gasteiger partial charge in [-0.1, -0.05) is 42.5 Å². The standard InChI is InChI=1S/C26H28N4O3/c1-5-30-25-24(17(2)29-30)22(20-11-7-6-8-12-20)15-23(28-25)33-18(3)26(31)27-16-19-10-9-13-21(14-19)32-4/h6-15,18H,5,16H2,1-4H3,(H,27,31). The highest BCUT2D eigenvalue weighted by molar-refractivity contribution is 5.95. The van der Waals surface area contributed by atoms with E-state index in [-0.39, 0.29) is 5.91 Å². The maximum absolute atomic E-state index is 12.7. The number of carbonyl (C=O) groups excluding carboxylic acids is 1. The zero-order chi connectivity index (χ0) is 23.4. The Morgan fingerprint density at radius 1 is 1.12 bits per heavy atom. The number of hydrogen-bond donors (Lipinski definition) is 1. The summed E-state index contributed by atoms with van der Waals surface area (Å²) in [6, 6.07) is 19.5. The number of carbonyl (C=O) groups is 1. The van der Waals surface area contributed by atoms with Gasteiger partial charge in [0.2, 0.25) is 5.88 Å². The summed E-state index contributed by atoms with van der Waals surface area (Å²) in [6.07, 6.45) is -0.719. The van der Waals surface area contributed by atoms with Gasteiger partial charge in [-0.15, -0.1) is 0 Å². The second-order valence-corrected chi connectivity index (χ2v) is 7.80. The minimum Gasteiger partial charge on any atom is -0.497 e. The molecule has 2 aromatic heterocycles. The Balaban J connectivity index is 1.58. The minimum atomic E-state index is -0.719. The zero-order valence-electron chi connectivity index (χ0n) is 19.3. The molecule has 0 saturated carbocycles. The Morgan fingerprint density at radius 2 is 1.91 bits per heavy atom. The summed E-state index contributed by atoms with van der Waals surface area (Å²) in [7, 11) is 1.62. The number of hydrogen-bond acceptors (Lipinski definition) is 5. The molecule has 33 heavy (non-hydrogen) atoms. The molecule has 0 spiro atoms. The summed E-state index contributed by atoms with van der Waals surface area (Å²) in [5, 5.41) is 8.54. The van der Waals surface area contributed by atoms with Crippen molar-refractivity contribution in [2.24, 2.45) is 0 Å². The Labute approximate surface area is 193 Å². The van der Waals surface area contributed by atoms with Crippen LogP contribution in [0.25, 0.3) is 22.2 Å². The summed E-state index contributed by atoms with van der Waals surface area (Å²) >= 11 is 0. The third-order valence-corrected chi connectivity index (χ3v) is 5.51. The van der Waals surface area contributed by atoms with E-state index in [0.717, 1.165) is 39.2 Å². The molecule has 1 amide bonds. The fraction of sp³-hybridized carbons (Fsp3) is 0.269. The molecule has 0 aliphatic heterocycles. The highest BCUT2D eigenvalue weighted by Gasteiger charge is 2.20. The van der Waals surface area contributed by atoms with Gasteiger partial charge in [-0.2, -0.15) is 10.1 Å². The topological polar surface area (TPSA) is 78.3 Å². The molecule has 0 bridgehead atoms. The summed E-state index contributed by atoms with van der Waals surface area (Å²) in [4.78, 5) is 17.4. The molecule has 4 aromatic rings. The van der Waals surface area contributed by atoms with Gasteiger partial charge in [-0.05, 0) is 49.6 Å². The van der Waals surface area contributed by atoms with Crippen LogP contribution in [0.3, 0.4) is 0 Å². The van der Waals surface area contributed by atoms with Crippen molar-refractivity contribution in [3.8, 4) is 22.8 Å². The molecule has 0 radical (unpaired) electrons. The first kappa shape index (κ1) is 22.3. The number of rotatable bonds is 8. The summed E-state index contributed by atoms with van der Waals surface area (Å²) in [5.74, 6) is 0.918. The van der Waals surface area contributed by atoms with Gasteiger partial charge in [0.05, 0.1) is 18.2 Å². The molecule has 0 saturated heterocycles. The number of nitrogens with one attached hydrogen (secondary N) is 1. The maximum Gasteiger partial charge on any atom is 0.261 e. The fourth-order valence-corrected chi connectivity index (χ4v) is 3.81. The van der Waals surface area contributed by atoms with Gasteiger partial charge in [0.15, 0.2) is 11.8 Å². The summed E-state index contributed by atoms with van der Waals surface area (Å²) < 4.78 is 13.1. The van der Waals surface area contributed by atoms with Crippen molar-refractivity contribution >= 4 is 16.9 Å². The molecule has 1 unspecified atom stereocenters. The molecule has 7 nitrogen and oxygen atoms in total. The van der Waals surface area contributed by atoms with Crippen LogP contribution in [0.5, 0.6) is 11.6 Å². The van der Waals surface area contributed by atoms with E-state index in [1.807, 2.05) is 79.2 Å². The monoisotopic (exact) mass is 444 g/mol. The molecule has 1 atom stereocenters. The predicted octanol–water partition coefficient (Wildman–Crippen LogP) is 4.52. The van der Waals surface area contributed by atoms with E-state index in [2.05, 4.69) is 10.4 Å². The molecule has 2 heterocycles. The third-order valence-electron chi connectivity index (χ3n) is 5.51. The van der Waals surface area contributed by atoms with Gasteiger partial charge in [-0.3, -0.25) is 4.79 Å². The molecule has 1 N–H and O–H groups in total. The molecule has 2 aromatic carbocycles. The van der Waals surface area contributed by atoms with Crippen LogP contribution in [-0.4, -0.2) is 33.9 Å². The van der Waals surface area contributed by atoms with Crippen molar-refractivity contribution in [2.45, 2.75) is 40.0 Å². The summed E-state index contributed by atoms with van der Waals surface area (Å²) in [5.41, 5.74) is 4.63. The first-order chi connectivity index (χ1) is 16.0. The van der Waals surface area contributed by atoms with Gasteiger partial charge < -0.3 is 14.8 Å². The number of amides is 1. The van der Waals surface area contributed by atoms with Crippen LogP contribution in [0.2, 0.25) is 0 Å². The van der Waals surface area contributed by atoms with Crippen LogP contribution in [0.1, 0.15) is 25.1 Å². The molecular formula is C26H28N4O3. The highest BCUT2D eigenvalue weighted by Crippen LogP contribution is 2.33. The van der Waals surface area contributed by atoms with Crippen molar-refractivity contribution in [3.63, 3.8) is 0 Å². The van der Waals surface area contributed by atoms with Crippen molar-refractivity contribution in [2.75, 3.05) is 7.11 Å². The molecular weight excluding hydrogens is 416 g/mol. The smallest absolute Gasteiger partial charge is 0.261 e. The van der Waals surface area contributed by atoms with Crippen LogP contribution in [0.4, 0.5) is 0 Å². The zero-order valence-corrected chi connectivity index (χ0v) is 19.3. The van der Waals surface area contributed by atoms with Crippen molar-refractivity contribution in [1.29, 1.82) is 0 Å². The first-order valence-corrected chi connectivity index (χ1v) is 11.0. The Morgan fingerprint density at radius 3 is 2.64 bits per heavy atom. The number of benzene rings is 2. The Hall–Kier alpha value is -3.87. The number of ether oxygens (including phenoxy) is 2. The third kappa shape index (κ3) is 4.82. The predicted molar refractivity (Wildman–Crippen MR) is 128 cm³/mol. The number of pyridine rings is 1. The quantitative estimate of drug-likeness (QED) is 0.432. The van der Waals surface area contributed by atoms with Crippen LogP contribution in [0, 0.1) is 6.92 Å². The van der Waals surface area contributed by atoms with E-state index in [0.29, 0.717) is 19.0 Å². The van der Waals surface area contributed by atoms with E-state index in [1.165, 1.54) is 0 Å². The van der Waals surface area contributed by atoms with Gasteiger partial charge >= 0.3 is 0 Å². The fourth-order valence-electron chi connectivity index (χ4n) is 3.81. The van der Waals surface area contributed by atoms with Gasteiger partial charge in [-0.25, -0.2) is 4.68 Å². The number of fused-ring (bicyclic) bond motifs is 1. The molecule has 0 fully saturated rings. The van der Waals surface area contributed by atoms with E-state index >= 15 is 0 Å². The average molecular weight is 445 g/mol. The van der Waals surface area contributed by atoms with Crippen LogP contribution in [0.15, 0.2) is 60.7 Å². The second kappa shape index (κ2) is 9.73. The Bertz CT molecular complexity index is 1270. The lowest BCUT2D eigenvalue weighted by Crippen LogP contribution is -2.36. The van der Waals surface area contributed by atoms with E-state index in [4.69, 9.17) is 14.5 Å². The lowest BCUT2D eigenvalue weighted by molar-refractivity contribution is -0.127. The van der Waals surface area contributed by atoms with Crippen molar-refractivity contribution in [3.05, 3.63) is 71.9 Å². The molecule has 7 heteroatoms. The summed E-state index contributed by atoms with van der Waals surface area (Å²) in [6.45, 7) is 6.80. The average Bonchev–Trinajstić information content (AvgIpc) is 3.18. The number of nitrogens with zero attached hydrogens (tertiary/aromatic N) is 3. The van der Waals surface area contributed by atoms with Crippen molar-refractivity contribution in [1.82, 2.24) is 20.1 Å². The van der Waals surface area contributed by atoms with E-state index in [1.54, 1.807) is 14.0 Å². The Kier molecular flexibility index (Phi) is 6.58. The molecule has 170 valence electrons. The number of aryl methyl sites for hydroxylation is 2. The van der Waals surface area contributed by atoms with Gasteiger partial charge in [0.25, 0.3) is 5.91 Å². The lowest BCUT2D eigenvalue weighted by atomic mass is 10.0. The maximum atomic E-state index is 12.7. The molecule has 0 aliphatic carbocycles. The van der Waals surface area contributed by atoms with Gasteiger partial charge in [0.1, 0.15) is 5.75 Å². The molecule has 4 rings (SSSR count). The van der Waals surface area contributed by atoms with Crippen LogP contribution < -0.4 is 14.8 Å². The minimum absolute atomic E-state index is 0.221.